The summed E-state index contributed by atoms with van der Waals surface area (Å²) in [5.41, 5.74) is 2.56. The van der Waals surface area contributed by atoms with E-state index in [2.05, 4.69) is 0 Å². The molecule has 1 aliphatic heterocycles. The predicted molar refractivity (Wildman–Crippen MR) is 105 cm³/mol. The molecule has 146 valence electrons. The van der Waals surface area contributed by atoms with Crippen molar-refractivity contribution in [3.63, 3.8) is 0 Å². The van der Waals surface area contributed by atoms with Gasteiger partial charge >= 0.3 is 5.97 Å². The van der Waals surface area contributed by atoms with E-state index in [9.17, 15) is 14.4 Å². The van der Waals surface area contributed by atoms with Gasteiger partial charge in [0.1, 0.15) is 5.75 Å². The summed E-state index contributed by atoms with van der Waals surface area (Å²) in [6.07, 6.45) is 0.177. The molecule has 0 bridgehead atoms. The highest BCUT2D eigenvalue weighted by Crippen LogP contribution is 2.28. The summed E-state index contributed by atoms with van der Waals surface area (Å²) in [5, 5.41) is 8.64. The number of rotatable bonds is 6. The van der Waals surface area contributed by atoms with E-state index in [4.69, 9.17) is 9.84 Å². The highest BCUT2D eigenvalue weighted by molar-refractivity contribution is 6.04. The minimum absolute atomic E-state index is 0.0620. The standard InChI is InChI=1S/C21H22N2O5/c1-14-3-5-17(6-4-14)23-12-15(11-19(23)24)21(27)22(2)16-7-9-18(10-8-16)28-13-20(25)26/h3-10,15H,11-13H2,1-2H3,(H,25,26). The molecule has 0 aromatic heterocycles. The van der Waals surface area contributed by atoms with Crippen LogP contribution >= 0.6 is 0 Å². The van der Waals surface area contributed by atoms with Crippen LogP contribution in [0.1, 0.15) is 12.0 Å². The smallest absolute Gasteiger partial charge is 0.341 e. The Balaban J connectivity index is 1.65. The van der Waals surface area contributed by atoms with E-state index in [0.29, 0.717) is 18.0 Å². The number of benzene rings is 2. The summed E-state index contributed by atoms with van der Waals surface area (Å²) in [6, 6.07) is 14.3. The van der Waals surface area contributed by atoms with E-state index in [-0.39, 0.29) is 18.2 Å². The molecule has 0 aliphatic carbocycles. The van der Waals surface area contributed by atoms with Crippen molar-refractivity contribution in [1.29, 1.82) is 0 Å². The van der Waals surface area contributed by atoms with Gasteiger partial charge in [-0.15, -0.1) is 0 Å². The van der Waals surface area contributed by atoms with Crippen LogP contribution in [0.3, 0.4) is 0 Å². The van der Waals surface area contributed by atoms with E-state index in [1.807, 2.05) is 31.2 Å². The molecular weight excluding hydrogens is 360 g/mol. The lowest BCUT2D eigenvalue weighted by Crippen LogP contribution is -2.34. The minimum atomic E-state index is -1.06. The van der Waals surface area contributed by atoms with Crippen LogP contribution in [0.5, 0.6) is 5.75 Å². The summed E-state index contributed by atoms with van der Waals surface area (Å²) in [7, 11) is 1.66. The second kappa shape index (κ2) is 8.12. The number of aryl methyl sites for hydroxylation is 1. The van der Waals surface area contributed by atoms with Crippen molar-refractivity contribution in [3.05, 3.63) is 54.1 Å². The molecule has 2 aromatic rings. The second-order valence-electron chi connectivity index (χ2n) is 6.81. The maximum atomic E-state index is 12.9. The zero-order chi connectivity index (χ0) is 20.3. The van der Waals surface area contributed by atoms with Crippen molar-refractivity contribution in [2.45, 2.75) is 13.3 Å². The van der Waals surface area contributed by atoms with Gasteiger partial charge in [0.15, 0.2) is 6.61 Å². The van der Waals surface area contributed by atoms with Gasteiger partial charge in [-0.05, 0) is 43.3 Å². The van der Waals surface area contributed by atoms with E-state index in [1.54, 1.807) is 36.2 Å². The van der Waals surface area contributed by atoms with Gasteiger partial charge in [0, 0.05) is 31.4 Å². The zero-order valence-electron chi connectivity index (χ0n) is 15.8. The van der Waals surface area contributed by atoms with Crippen LogP contribution in [0, 0.1) is 12.8 Å². The molecule has 2 aromatic carbocycles. The second-order valence-corrected chi connectivity index (χ2v) is 6.81. The average Bonchev–Trinajstić information content (AvgIpc) is 3.08. The van der Waals surface area contributed by atoms with Gasteiger partial charge in [-0.1, -0.05) is 17.7 Å². The Labute approximate surface area is 163 Å². The SMILES string of the molecule is Cc1ccc(N2CC(C(=O)N(C)c3ccc(OCC(=O)O)cc3)CC2=O)cc1. The first kappa shape index (κ1) is 19.4. The summed E-state index contributed by atoms with van der Waals surface area (Å²) in [4.78, 5) is 39.0. The maximum Gasteiger partial charge on any atom is 0.341 e. The van der Waals surface area contributed by atoms with E-state index in [0.717, 1.165) is 11.3 Å². The molecule has 1 unspecified atom stereocenters. The van der Waals surface area contributed by atoms with Crippen LogP contribution in [0.2, 0.25) is 0 Å². The lowest BCUT2D eigenvalue weighted by Gasteiger charge is -2.22. The molecule has 0 spiro atoms. The fourth-order valence-corrected chi connectivity index (χ4v) is 3.16. The third kappa shape index (κ3) is 4.31. The van der Waals surface area contributed by atoms with Gasteiger partial charge in [0.2, 0.25) is 11.8 Å². The molecule has 7 nitrogen and oxygen atoms in total. The molecule has 28 heavy (non-hydrogen) atoms. The first-order chi connectivity index (χ1) is 13.3. The van der Waals surface area contributed by atoms with E-state index in [1.165, 1.54) is 4.90 Å². The van der Waals surface area contributed by atoms with Crippen molar-refractivity contribution in [2.24, 2.45) is 5.92 Å². The summed E-state index contributed by atoms with van der Waals surface area (Å²) in [6.45, 7) is 1.91. The summed E-state index contributed by atoms with van der Waals surface area (Å²) >= 11 is 0. The molecule has 1 N–H and O–H groups in total. The number of ether oxygens (including phenoxy) is 1. The molecule has 1 atom stereocenters. The highest BCUT2D eigenvalue weighted by Gasteiger charge is 2.36. The molecule has 1 fully saturated rings. The number of carboxylic acid groups (broad SMARTS) is 1. The van der Waals surface area contributed by atoms with Crippen LogP contribution in [0.15, 0.2) is 48.5 Å². The molecule has 0 radical (unpaired) electrons. The predicted octanol–water partition coefficient (Wildman–Crippen LogP) is 2.47. The molecule has 0 saturated carbocycles. The Hall–Kier alpha value is -3.35. The van der Waals surface area contributed by atoms with Gasteiger partial charge in [0.25, 0.3) is 0 Å². The fourth-order valence-electron chi connectivity index (χ4n) is 3.16. The van der Waals surface area contributed by atoms with Crippen molar-refractivity contribution < 1.29 is 24.2 Å². The van der Waals surface area contributed by atoms with Crippen molar-refractivity contribution in [2.75, 3.05) is 30.0 Å². The lowest BCUT2D eigenvalue weighted by atomic mass is 10.1. The van der Waals surface area contributed by atoms with Gasteiger partial charge in [-0.2, -0.15) is 0 Å². The van der Waals surface area contributed by atoms with Crippen molar-refractivity contribution in [1.82, 2.24) is 0 Å². The number of carboxylic acids is 1. The van der Waals surface area contributed by atoms with Crippen LogP contribution in [-0.2, 0) is 14.4 Å². The van der Waals surface area contributed by atoms with E-state index < -0.39 is 18.5 Å². The number of nitrogens with zero attached hydrogens (tertiary/aromatic N) is 2. The third-order valence-corrected chi connectivity index (χ3v) is 4.74. The molecule has 7 heteroatoms. The first-order valence-electron chi connectivity index (χ1n) is 8.94. The number of carbonyl (C=O) groups is 3. The zero-order valence-corrected chi connectivity index (χ0v) is 15.8. The number of anilines is 2. The van der Waals surface area contributed by atoms with Crippen LogP contribution < -0.4 is 14.5 Å². The van der Waals surface area contributed by atoms with Gasteiger partial charge < -0.3 is 19.6 Å². The van der Waals surface area contributed by atoms with Crippen molar-refractivity contribution in [3.8, 4) is 5.75 Å². The quantitative estimate of drug-likeness (QED) is 0.829. The van der Waals surface area contributed by atoms with E-state index >= 15 is 0 Å². The molecule has 3 rings (SSSR count). The van der Waals surface area contributed by atoms with Gasteiger partial charge in [-0.25, -0.2) is 4.79 Å². The summed E-state index contributed by atoms with van der Waals surface area (Å²) in [5.74, 6) is -1.26. The molecule has 1 saturated heterocycles. The number of carbonyl (C=O) groups excluding carboxylic acids is 2. The summed E-state index contributed by atoms with van der Waals surface area (Å²) < 4.78 is 5.09. The Morgan fingerprint density at radius 2 is 1.79 bits per heavy atom. The Kier molecular flexibility index (Phi) is 5.63. The normalized spacial score (nSPS) is 16.1. The average molecular weight is 382 g/mol. The number of hydrogen-bond acceptors (Lipinski definition) is 4. The third-order valence-electron chi connectivity index (χ3n) is 4.74. The van der Waals surface area contributed by atoms with Gasteiger partial charge in [0.05, 0.1) is 5.92 Å². The molecule has 1 aliphatic rings. The number of aliphatic carboxylic acids is 1. The monoisotopic (exact) mass is 382 g/mol. The lowest BCUT2D eigenvalue weighted by molar-refractivity contribution is -0.139. The molecule has 2 amide bonds. The van der Waals surface area contributed by atoms with Crippen LogP contribution in [0.4, 0.5) is 11.4 Å². The van der Waals surface area contributed by atoms with Crippen LogP contribution in [0.25, 0.3) is 0 Å². The fraction of sp³-hybridized carbons (Fsp3) is 0.286. The minimum Gasteiger partial charge on any atom is -0.482 e. The Bertz CT molecular complexity index is 877. The first-order valence-corrected chi connectivity index (χ1v) is 8.94. The van der Waals surface area contributed by atoms with Gasteiger partial charge in [-0.3, -0.25) is 9.59 Å². The number of amides is 2. The Morgan fingerprint density at radius 1 is 1.14 bits per heavy atom. The largest absolute Gasteiger partial charge is 0.482 e. The molecule has 1 heterocycles. The molecular formula is C21H22N2O5. The maximum absolute atomic E-state index is 12.9. The highest BCUT2D eigenvalue weighted by atomic mass is 16.5. The van der Waals surface area contributed by atoms with Crippen LogP contribution in [-0.4, -0.2) is 43.1 Å². The number of hydrogen-bond donors (Lipinski definition) is 1. The van der Waals surface area contributed by atoms with Crippen molar-refractivity contribution >= 4 is 29.2 Å². The Morgan fingerprint density at radius 3 is 2.39 bits per heavy atom. The topological polar surface area (TPSA) is 87.2 Å².